The quantitative estimate of drug-likeness (QED) is 0.796. The number of nitrogens with one attached hydrogen (secondary N) is 3. The first-order valence-electron chi connectivity index (χ1n) is 7.00. The van der Waals surface area contributed by atoms with Crippen LogP contribution >= 0.6 is 0 Å². The minimum absolute atomic E-state index is 0.0797. The third-order valence-corrected chi connectivity index (χ3v) is 3.54. The molecule has 1 aliphatic rings. The number of rotatable bonds is 3. The monoisotopic (exact) mass is 286 g/mol. The highest BCUT2D eigenvalue weighted by atomic mass is 16.5. The lowest BCUT2D eigenvalue weighted by Gasteiger charge is -2.29. The smallest absolute Gasteiger partial charge is 0.244 e. The van der Waals surface area contributed by atoms with E-state index in [0.717, 1.165) is 16.9 Å². The van der Waals surface area contributed by atoms with Crippen molar-refractivity contribution in [1.82, 2.24) is 15.5 Å². The number of morpholine rings is 1. The fourth-order valence-electron chi connectivity index (χ4n) is 2.43. The van der Waals surface area contributed by atoms with Crippen molar-refractivity contribution in [1.29, 1.82) is 0 Å². The van der Waals surface area contributed by atoms with Gasteiger partial charge in [0.15, 0.2) is 0 Å². The number of anilines is 1. The topological polar surface area (TPSA) is 79.0 Å². The molecular formula is C15H18N4O2. The lowest BCUT2D eigenvalue weighted by molar-refractivity contribution is -0.123. The van der Waals surface area contributed by atoms with Crippen LogP contribution in [-0.4, -0.2) is 41.4 Å². The molecule has 1 aliphatic heterocycles. The summed E-state index contributed by atoms with van der Waals surface area (Å²) in [6.45, 7) is 3.23. The predicted molar refractivity (Wildman–Crippen MR) is 79.9 cm³/mol. The van der Waals surface area contributed by atoms with Crippen LogP contribution in [0.5, 0.6) is 0 Å². The molecule has 1 fully saturated rings. The van der Waals surface area contributed by atoms with E-state index in [-0.39, 0.29) is 18.1 Å². The third kappa shape index (κ3) is 3.12. The molecular weight excluding hydrogens is 268 g/mol. The second-order valence-electron chi connectivity index (χ2n) is 5.05. The molecule has 2 heterocycles. The van der Waals surface area contributed by atoms with E-state index in [1.807, 2.05) is 37.3 Å². The van der Waals surface area contributed by atoms with Gasteiger partial charge in [0.2, 0.25) is 5.91 Å². The van der Waals surface area contributed by atoms with E-state index in [9.17, 15) is 4.79 Å². The Hall–Kier alpha value is -2.18. The highest BCUT2D eigenvalue weighted by molar-refractivity contribution is 5.95. The summed E-state index contributed by atoms with van der Waals surface area (Å²) in [5, 5.41) is 12.9. The summed E-state index contributed by atoms with van der Waals surface area (Å²) in [4.78, 5) is 12.3. The molecule has 2 aromatic rings. The van der Waals surface area contributed by atoms with Crippen LogP contribution in [0.15, 0.2) is 36.5 Å². The van der Waals surface area contributed by atoms with Crippen molar-refractivity contribution >= 4 is 11.6 Å². The molecule has 3 rings (SSSR count). The van der Waals surface area contributed by atoms with E-state index < -0.39 is 0 Å². The molecule has 0 spiro atoms. The van der Waals surface area contributed by atoms with Crippen molar-refractivity contribution in [2.24, 2.45) is 0 Å². The number of hydrogen-bond donors (Lipinski definition) is 3. The van der Waals surface area contributed by atoms with Crippen molar-refractivity contribution in [2.75, 3.05) is 18.5 Å². The Kier molecular flexibility index (Phi) is 3.98. The van der Waals surface area contributed by atoms with Gasteiger partial charge >= 0.3 is 0 Å². The lowest BCUT2D eigenvalue weighted by Crippen LogP contribution is -2.53. The van der Waals surface area contributed by atoms with Crippen molar-refractivity contribution in [3.05, 3.63) is 36.5 Å². The van der Waals surface area contributed by atoms with Crippen molar-refractivity contribution in [3.63, 3.8) is 0 Å². The highest BCUT2D eigenvalue weighted by Crippen LogP contribution is 2.20. The van der Waals surface area contributed by atoms with E-state index in [1.54, 1.807) is 6.20 Å². The summed E-state index contributed by atoms with van der Waals surface area (Å²) < 4.78 is 5.50. The first-order valence-corrected chi connectivity index (χ1v) is 7.00. The van der Waals surface area contributed by atoms with E-state index in [2.05, 4.69) is 20.8 Å². The van der Waals surface area contributed by atoms with Gasteiger partial charge in [0.25, 0.3) is 0 Å². The molecule has 110 valence electrons. The van der Waals surface area contributed by atoms with Crippen molar-refractivity contribution in [2.45, 2.75) is 19.1 Å². The van der Waals surface area contributed by atoms with Crippen LogP contribution in [-0.2, 0) is 9.53 Å². The van der Waals surface area contributed by atoms with E-state index >= 15 is 0 Å². The fourth-order valence-corrected chi connectivity index (χ4v) is 2.43. The number of nitrogens with zero attached hydrogens (tertiary/aromatic N) is 1. The summed E-state index contributed by atoms with van der Waals surface area (Å²) in [6, 6.07) is 9.22. The molecule has 2 atom stereocenters. The molecule has 1 amide bonds. The van der Waals surface area contributed by atoms with Crippen molar-refractivity contribution in [3.8, 4) is 11.3 Å². The Morgan fingerprint density at radius 2 is 2.33 bits per heavy atom. The summed E-state index contributed by atoms with van der Waals surface area (Å²) >= 11 is 0. The van der Waals surface area contributed by atoms with Gasteiger partial charge in [-0.15, -0.1) is 0 Å². The molecule has 1 aromatic carbocycles. The van der Waals surface area contributed by atoms with Gasteiger partial charge < -0.3 is 15.4 Å². The van der Waals surface area contributed by atoms with Crippen LogP contribution in [0.25, 0.3) is 11.3 Å². The van der Waals surface area contributed by atoms with Crippen LogP contribution in [0.2, 0.25) is 0 Å². The Balaban J connectivity index is 1.73. The second-order valence-corrected chi connectivity index (χ2v) is 5.05. The molecule has 1 saturated heterocycles. The summed E-state index contributed by atoms with van der Waals surface area (Å²) in [7, 11) is 0. The normalized spacial score (nSPS) is 22.0. The molecule has 0 radical (unpaired) electrons. The Labute approximate surface area is 122 Å². The van der Waals surface area contributed by atoms with Crippen LogP contribution in [0, 0.1) is 0 Å². The Morgan fingerprint density at radius 1 is 1.43 bits per heavy atom. The van der Waals surface area contributed by atoms with E-state index in [0.29, 0.717) is 13.2 Å². The maximum Gasteiger partial charge on any atom is 0.244 e. The zero-order valence-corrected chi connectivity index (χ0v) is 11.8. The Bertz CT molecular complexity index is 612. The van der Waals surface area contributed by atoms with Gasteiger partial charge in [-0.2, -0.15) is 5.10 Å². The van der Waals surface area contributed by atoms with Crippen LogP contribution in [0.1, 0.15) is 6.92 Å². The van der Waals surface area contributed by atoms with Crippen LogP contribution in [0.4, 0.5) is 5.69 Å². The maximum atomic E-state index is 12.3. The van der Waals surface area contributed by atoms with Gasteiger partial charge in [-0.05, 0) is 25.1 Å². The van der Waals surface area contributed by atoms with Gasteiger partial charge in [0.05, 0.1) is 18.4 Å². The fraction of sp³-hybridized carbons (Fsp3) is 0.333. The number of ether oxygens (including phenoxy) is 1. The summed E-state index contributed by atoms with van der Waals surface area (Å²) in [5.41, 5.74) is 2.65. The van der Waals surface area contributed by atoms with Gasteiger partial charge in [0, 0.05) is 24.0 Å². The number of carbonyl (C=O) groups is 1. The number of hydrogen-bond acceptors (Lipinski definition) is 4. The van der Waals surface area contributed by atoms with E-state index in [1.165, 1.54) is 0 Å². The average molecular weight is 286 g/mol. The molecule has 0 aliphatic carbocycles. The first-order chi connectivity index (χ1) is 10.2. The van der Waals surface area contributed by atoms with Crippen LogP contribution in [0.3, 0.4) is 0 Å². The molecule has 0 bridgehead atoms. The molecule has 0 unspecified atom stereocenters. The minimum atomic E-state index is -0.324. The van der Waals surface area contributed by atoms with Crippen molar-refractivity contribution < 1.29 is 9.53 Å². The molecule has 1 aromatic heterocycles. The third-order valence-electron chi connectivity index (χ3n) is 3.54. The molecule has 0 saturated carbocycles. The molecule has 6 heteroatoms. The van der Waals surface area contributed by atoms with Gasteiger partial charge in [-0.1, -0.05) is 12.1 Å². The number of H-pyrrole nitrogens is 1. The van der Waals surface area contributed by atoms with Crippen LogP contribution < -0.4 is 10.6 Å². The standard InChI is InChI=1S/C15H18N4O2/c1-10-14(16-7-8-21-10)15(20)18-12-4-2-3-11(9-12)13-5-6-17-19-13/h2-6,9-10,14,16H,7-8H2,1H3,(H,17,19)(H,18,20)/t10-,14+/m1/s1. The number of carbonyl (C=O) groups excluding carboxylic acids is 1. The average Bonchev–Trinajstić information content (AvgIpc) is 3.02. The molecule has 3 N–H and O–H groups in total. The number of amides is 1. The molecule has 21 heavy (non-hydrogen) atoms. The molecule has 6 nitrogen and oxygen atoms in total. The SMILES string of the molecule is C[C@H]1OCCN[C@@H]1C(=O)Nc1cccc(-c2ccn[nH]2)c1. The second kappa shape index (κ2) is 6.07. The van der Waals surface area contributed by atoms with Gasteiger partial charge in [0.1, 0.15) is 6.04 Å². The minimum Gasteiger partial charge on any atom is -0.375 e. The number of aromatic nitrogens is 2. The Morgan fingerprint density at radius 3 is 3.10 bits per heavy atom. The zero-order valence-electron chi connectivity index (χ0n) is 11.8. The summed E-state index contributed by atoms with van der Waals surface area (Å²) in [5.74, 6) is -0.0797. The predicted octanol–water partition coefficient (Wildman–Crippen LogP) is 1.39. The first kappa shape index (κ1) is 13.8. The zero-order chi connectivity index (χ0) is 14.7. The largest absolute Gasteiger partial charge is 0.375 e. The maximum absolute atomic E-state index is 12.3. The summed E-state index contributed by atoms with van der Waals surface area (Å²) in [6.07, 6.45) is 1.57. The van der Waals surface area contributed by atoms with Gasteiger partial charge in [-0.25, -0.2) is 0 Å². The van der Waals surface area contributed by atoms with Gasteiger partial charge in [-0.3, -0.25) is 9.89 Å². The number of benzene rings is 1. The lowest BCUT2D eigenvalue weighted by atomic mass is 10.1. The number of aromatic amines is 1. The highest BCUT2D eigenvalue weighted by Gasteiger charge is 2.28. The van der Waals surface area contributed by atoms with E-state index in [4.69, 9.17) is 4.74 Å².